The Bertz CT molecular complexity index is 1120. The van der Waals surface area contributed by atoms with Crippen LogP contribution in [-0.4, -0.2) is 32.0 Å². The van der Waals surface area contributed by atoms with E-state index in [1.165, 1.54) is 10.7 Å². The van der Waals surface area contributed by atoms with Crippen molar-refractivity contribution in [3.63, 3.8) is 0 Å². The third-order valence-electron chi connectivity index (χ3n) is 4.89. The van der Waals surface area contributed by atoms with Crippen LogP contribution < -0.4 is 5.43 Å². The fourth-order valence-corrected chi connectivity index (χ4v) is 3.97. The maximum atomic E-state index is 13.9. The van der Waals surface area contributed by atoms with Gasteiger partial charge in [0, 0.05) is 35.5 Å². The fourth-order valence-electron chi connectivity index (χ4n) is 3.75. The molecule has 1 unspecified atom stereocenters. The van der Waals surface area contributed by atoms with E-state index in [9.17, 15) is 8.78 Å². The molecular formula is C18H16ClF2N7. The van der Waals surface area contributed by atoms with Crippen molar-refractivity contribution in [3.05, 3.63) is 52.1 Å². The molecule has 144 valence electrons. The summed E-state index contributed by atoms with van der Waals surface area (Å²) in [5, 5.41) is 14.8. The van der Waals surface area contributed by atoms with Crippen molar-refractivity contribution in [1.29, 1.82) is 5.41 Å². The summed E-state index contributed by atoms with van der Waals surface area (Å²) in [6, 6.07) is 1.78. The Balaban J connectivity index is 1.79. The van der Waals surface area contributed by atoms with Crippen LogP contribution in [-0.2, 0) is 5.41 Å². The highest BCUT2D eigenvalue weighted by Gasteiger charge is 2.41. The number of aromatic nitrogens is 4. The molecule has 0 saturated carbocycles. The van der Waals surface area contributed by atoms with Crippen LogP contribution in [0.4, 0.5) is 14.6 Å². The van der Waals surface area contributed by atoms with Crippen molar-refractivity contribution in [1.82, 2.24) is 19.6 Å². The van der Waals surface area contributed by atoms with Crippen LogP contribution in [0.15, 0.2) is 23.6 Å². The van der Waals surface area contributed by atoms with Crippen molar-refractivity contribution in [3.8, 4) is 0 Å². The van der Waals surface area contributed by atoms with Crippen molar-refractivity contribution in [2.45, 2.75) is 31.6 Å². The first kappa shape index (κ1) is 18.4. The van der Waals surface area contributed by atoms with Gasteiger partial charge in [0.1, 0.15) is 0 Å². The first-order valence-electron chi connectivity index (χ1n) is 8.50. The molecule has 3 heterocycles. The Morgan fingerprint density at radius 2 is 2.14 bits per heavy atom. The number of fused-ring (bicyclic) bond motifs is 3. The van der Waals surface area contributed by atoms with Gasteiger partial charge in [0.15, 0.2) is 11.5 Å². The van der Waals surface area contributed by atoms with Crippen LogP contribution in [0.2, 0.25) is 5.02 Å². The minimum Gasteiger partial charge on any atom is -0.307 e. The number of nitrogens with one attached hydrogen (secondary N) is 2. The molecule has 0 spiro atoms. The third-order valence-corrected chi connectivity index (χ3v) is 5.18. The summed E-state index contributed by atoms with van der Waals surface area (Å²) in [4.78, 5) is 8.38. The zero-order chi connectivity index (χ0) is 20.1. The molecular weight excluding hydrogens is 388 g/mol. The number of anilines is 1. The number of rotatable bonds is 4. The summed E-state index contributed by atoms with van der Waals surface area (Å²) in [6.07, 6.45) is 6.23. The van der Waals surface area contributed by atoms with E-state index in [-0.39, 0.29) is 17.0 Å². The smallest absolute Gasteiger partial charge is 0.271 e. The molecule has 1 aliphatic rings. The Morgan fingerprint density at radius 3 is 2.86 bits per heavy atom. The summed E-state index contributed by atoms with van der Waals surface area (Å²) < 4.78 is 28.9. The van der Waals surface area contributed by atoms with E-state index < -0.39 is 11.8 Å². The SMILES string of the molecule is CC1(C)CC(c2cnc(N/N=C\C=N)c(Cl)c2)c2cnc3c(F)c(F)nn3c21. The predicted octanol–water partition coefficient (Wildman–Crippen LogP) is 3.92. The van der Waals surface area contributed by atoms with Crippen LogP contribution in [0.5, 0.6) is 0 Å². The molecule has 28 heavy (non-hydrogen) atoms. The van der Waals surface area contributed by atoms with E-state index in [2.05, 4.69) is 25.6 Å². The van der Waals surface area contributed by atoms with Gasteiger partial charge in [-0.05, 0) is 18.1 Å². The normalized spacial score (nSPS) is 18.0. The van der Waals surface area contributed by atoms with Crippen LogP contribution >= 0.6 is 11.6 Å². The Morgan fingerprint density at radius 1 is 1.36 bits per heavy atom. The van der Waals surface area contributed by atoms with Crippen LogP contribution in [0.25, 0.3) is 5.65 Å². The Kier molecular flexibility index (Phi) is 4.34. The maximum absolute atomic E-state index is 13.9. The molecule has 0 aliphatic heterocycles. The highest BCUT2D eigenvalue weighted by Crippen LogP contribution is 2.48. The van der Waals surface area contributed by atoms with Gasteiger partial charge in [0.2, 0.25) is 5.82 Å². The van der Waals surface area contributed by atoms with Crippen molar-refractivity contribution in [2.24, 2.45) is 5.10 Å². The number of hydrogen-bond donors (Lipinski definition) is 2. The first-order chi connectivity index (χ1) is 13.3. The molecule has 4 rings (SSSR count). The van der Waals surface area contributed by atoms with Crippen molar-refractivity contribution in [2.75, 3.05) is 5.43 Å². The van der Waals surface area contributed by atoms with Gasteiger partial charge in [-0.3, -0.25) is 5.43 Å². The number of halogens is 3. The summed E-state index contributed by atoms with van der Waals surface area (Å²) in [6.45, 7) is 4.00. The average Bonchev–Trinajstić information content (AvgIpc) is 3.10. The van der Waals surface area contributed by atoms with E-state index in [1.54, 1.807) is 18.5 Å². The number of hydrogen-bond acceptors (Lipinski definition) is 6. The standard InChI is InChI=1S/C18H16ClF2N7/c1-18(2)6-10(9-5-12(19)16(23-7-9)26-25-4-3-22)11-8-24-17-13(20)15(21)27-28(17)14(11)18/h3-5,7-8,10,22H,6H2,1-2H3,(H,23,26)/b22-3?,25-4-. The number of nitrogens with zero attached hydrogens (tertiary/aromatic N) is 5. The monoisotopic (exact) mass is 403 g/mol. The highest BCUT2D eigenvalue weighted by atomic mass is 35.5. The molecule has 0 fully saturated rings. The lowest BCUT2D eigenvalue weighted by Crippen LogP contribution is -2.17. The molecule has 3 aromatic rings. The fraction of sp³-hybridized carbons (Fsp3) is 0.278. The Labute approximate surface area is 164 Å². The summed E-state index contributed by atoms with van der Waals surface area (Å²) in [5.41, 5.74) is 4.57. The molecule has 0 saturated heterocycles. The van der Waals surface area contributed by atoms with Gasteiger partial charge in [-0.25, -0.2) is 14.5 Å². The highest BCUT2D eigenvalue weighted by molar-refractivity contribution is 6.33. The molecule has 10 heteroatoms. The molecule has 0 aromatic carbocycles. The third kappa shape index (κ3) is 2.82. The van der Waals surface area contributed by atoms with Crippen LogP contribution in [0.1, 0.15) is 43.0 Å². The summed E-state index contributed by atoms with van der Waals surface area (Å²) in [5.74, 6) is -1.94. The predicted molar refractivity (Wildman–Crippen MR) is 103 cm³/mol. The van der Waals surface area contributed by atoms with Gasteiger partial charge in [-0.15, -0.1) is 5.10 Å². The first-order valence-corrected chi connectivity index (χ1v) is 8.88. The summed E-state index contributed by atoms with van der Waals surface area (Å²) in [7, 11) is 0. The molecule has 1 atom stereocenters. The van der Waals surface area contributed by atoms with Crippen LogP contribution in [0, 0.1) is 17.2 Å². The lowest BCUT2D eigenvalue weighted by atomic mass is 9.87. The van der Waals surface area contributed by atoms with Gasteiger partial charge >= 0.3 is 0 Å². The lowest BCUT2D eigenvalue weighted by Gasteiger charge is -2.19. The number of hydrazone groups is 1. The summed E-state index contributed by atoms with van der Waals surface area (Å²) >= 11 is 6.32. The molecule has 0 amide bonds. The minimum atomic E-state index is -1.16. The van der Waals surface area contributed by atoms with Gasteiger partial charge in [0.05, 0.1) is 16.9 Å². The average molecular weight is 404 g/mol. The van der Waals surface area contributed by atoms with Crippen LogP contribution in [0.3, 0.4) is 0 Å². The molecule has 7 nitrogen and oxygen atoms in total. The molecule has 3 aromatic heterocycles. The van der Waals surface area contributed by atoms with E-state index >= 15 is 0 Å². The van der Waals surface area contributed by atoms with Gasteiger partial charge in [0.25, 0.3) is 5.95 Å². The van der Waals surface area contributed by atoms with Crippen molar-refractivity contribution < 1.29 is 8.78 Å². The Hall–Kier alpha value is -2.94. The molecule has 1 aliphatic carbocycles. The minimum absolute atomic E-state index is 0.0960. The zero-order valence-corrected chi connectivity index (χ0v) is 15.8. The molecule has 0 radical (unpaired) electrons. The quantitative estimate of drug-likeness (QED) is 0.510. The van der Waals surface area contributed by atoms with Gasteiger partial charge in [-0.2, -0.15) is 13.9 Å². The zero-order valence-electron chi connectivity index (χ0n) is 15.0. The topological polar surface area (TPSA) is 91.3 Å². The largest absolute Gasteiger partial charge is 0.307 e. The number of pyridine rings is 1. The maximum Gasteiger partial charge on any atom is 0.271 e. The molecule has 2 N–H and O–H groups in total. The second kappa shape index (κ2) is 6.59. The van der Waals surface area contributed by atoms with E-state index in [0.29, 0.717) is 17.3 Å². The van der Waals surface area contributed by atoms with Gasteiger partial charge < -0.3 is 5.41 Å². The van der Waals surface area contributed by atoms with E-state index in [0.717, 1.165) is 23.0 Å². The van der Waals surface area contributed by atoms with Crippen molar-refractivity contribution >= 4 is 35.5 Å². The van der Waals surface area contributed by atoms with E-state index in [1.807, 2.05) is 13.8 Å². The second-order valence-corrected chi connectivity index (χ2v) is 7.61. The second-order valence-electron chi connectivity index (χ2n) is 7.20. The lowest BCUT2D eigenvalue weighted by molar-refractivity contribution is 0.467. The van der Waals surface area contributed by atoms with E-state index in [4.69, 9.17) is 17.0 Å². The van der Waals surface area contributed by atoms with Gasteiger partial charge in [-0.1, -0.05) is 25.4 Å². The molecule has 0 bridgehead atoms.